The van der Waals surface area contributed by atoms with Crippen LogP contribution >= 0.6 is 0 Å². The lowest BCUT2D eigenvalue weighted by molar-refractivity contribution is -0.143. The van der Waals surface area contributed by atoms with E-state index >= 15 is 0 Å². The van der Waals surface area contributed by atoms with Crippen molar-refractivity contribution < 1.29 is 17.9 Å². The maximum Gasteiger partial charge on any atom is 0.305 e. The predicted molar refractivity (Wildman–Crippen MR) is 77.7 cm³/mol. The summed E-state index contributed by atoms with van der Waals surface area (Å²) in [6, 6.07) is 8.34. The quantitative estimate of drug-likeness (QED) is 0.577. The number of hydrogen-bond donors (Lipinski definition) is 1. The van der Waals surface area contributed by atoms with Gasteiger partial charge in [0.1, 0.15) is 0 Å². The average molecular weight is 310 g/mol. The molecule has 6 nitrogen and oxygen atoms in total. The number of nitrogens with zero attached hydrogens (tertiary/aromatic N) is 1. The molecule has 0 heterocycles. The Balaban J connectivity index is 2.39. The van der Waals surface area contributed by atoms with Gasteiger partial charge >= 0.3 is 5.97 Å². The third kappa shape index (κ3) is 6.88. The van der Waals surface area contributed by atoms with Crippen molar-refractivity contribution in [1.29, 1.82) is 5.26 Å². The number of carbonyl (C=O) groups excluding carboxylic acids is 1. The van der Waals surface area contributed by atoms with Crippen molar-refractivity contribution in [3.05, 3.63) is 35.4 Å². The lowest BCUT2D eigenvalue weighted by Gasteiger charge is -2.07. The fraction of sp³-hybridized carbons (Fsp3) is 0.429. The van der Waals surface area contributed by atoms with Crippen LogP contribution in [0, 0.1) is 11.3 Å². The normalized spacial score (nSPS) is 10.9. The third-order valence-corrected chi connectivity index (χ3v) is 3.98. The van der Waals surface area contributed by atoms with Crippen molar-refractivity contribution in [1.82, 2.24) is 4.72 Å². The van der Waals surface area contributed by atoms with E-state index in [1.54, 1.807) is 31.2 Å². The fourth-order valence-corrected chi connectivity index (χ4v) is 2.83. The highest BCUT2D eigenvalue weighted by molar-refractivity contribution is 7.88. The third-order valence-electron chi connectivity index (χ3n) is 2.62. The second-order valence-corrected chi connectivity index (χ2v) is 6.18. The van der Waals surface area contributed by atoms with Gasteiger partial charge in [0.05, 0.1) is 24.0 Å². The molecule has 0 atom stereocenters. The van der Waals surface area contributed by atoms with Gasteiger partial charge in [-0.1, -0.05) is 12.1 Å². The summed E-state index contributed by atoms with van der Waals surface area (Å²) in [5.41, 5.74) is 1.09. The fourth-order valence-electron chi connectivity index (χ4n) is 1.64. The van der Waals surface area contributed by atoms with E-state index in [2.05, 4.69) is 4.72 Å². The first-order chi connectivity index (χ1) is 9.96. The summed E-state index contributed by atoms with van der Waals surface area (Å²) >= 11 is 0. The van der Waals surface area contributed by atoms with Crippen LogP contribution in [0.25, 0.3) is 0 Å². The SMILES string of the molecule is CCOC(=O)CCCNS(=O)(=O)Cc1ccc(C#N)cc1. The van der Waals surface area contributed by atoms with Crippen molar-refractivity contribution in [2.24, 2.45) is 0 Å². The van der Waals surface area contributed by atoms with Crippen molar-refractivity contribution in [2.75, 3.05) is 13.2 Å². The van der Waals surface area contributed by atoms with Crippen LogP contribution in [0.4, 0.5) is 0 Å². The van der Waals surface area contributed by atoms with Gasteiger partial charge in [0.15, 0.2) is 0 Å². The number of esters is 1. The highest BCUT2D eigenvalue weighted by Gasteiger charge is 2.11. The summed E-state index contributed by atoms with van der Waals surface area (Å²) in [6.07, 6.45) is 0.582. The molecule has 1 aromatic rings. The van der Waals surface area contributed by atoms with Gasteiger partial charge in [-0.2, -0.15) is 5.26 Å². The Morgan fingerprint density at radius 2 is 2.00 bits per heavy atom. The summed E-state index contributed by atoms with van der Waals surface area (Å²) in [5.74, 6) is -0.484. The van der Waals surface area contributed by atoms with Gasteiger partial charge in [0, 0.05) is 13.0 Å². The van der Waals surface area contributed by atoms with Crippen LogP contribution in [-0.2, 0) is 25.3 Å². The summed E-state index contributed by atoms with van der Waals surface area (Å²) in [6.45, 7) is 2.23. The molecule has 0 aliphatic rings. The van der Waals surface area contributed by atoms with Crippen LogP contribution in [0.3, 0.4) is 0 Å². The number of rotatable bonds is 8. The lowest BCUT2D eigenvalue weighted by Crippen LogP contribution is -2.26. The second-order valence-electron chi connectivity index (χ2n) is 4.37. The van der Waals surface area contributed by atoms with E-state index in [4.69, 9.17) is 10.00 Å². The summed E-state index contributed by atoms with van der Waals surface area (Å²) in [4.78, 5) is 11.1. The molecule has 21 heavy (non-hydrogen) atoms. The molecule has 1 rings (SSSR count). The first-order valence-corrected chi connectivity index (χ1v) is 8.24. The monoisotopic (exact) mass is 310 g/mol. The smallest absolute Gasteiger partial charge is 0.305 e. The highest BCUT2D eigenvalue weighted by atomic mass is 32.2. The van der Waals surface area contributed by atoms with Crippen molar-refractivity contribution in [2.45, 2.75) is 25.5 Å². The van der Waals surface area contributed by atoms with Gasteiger partial charge < -0.3 is 4.74 Å². The molecular formula is C14H18N2O4S. The van der Waals surface area contributed by atoms with E-state index in [9.17, 15) is 13.2 Å². The van der Waals surface area contributed by atoms with E-state index in [1.165, 1.54) is 0 Å². The zero-order valence-corrected chi connectivity index (χ0v) is 12.6. The first kappa shape index (κ1) is 17.1. The Morgan fingerprint density at radius 3 is 2.57 bits per heavy atom. The summed E-state index contributed by atoms with van der Waals surface area (Å²) < 4.78 is 30.8. The standard InChI is InChI=1S/C14H18N2O4S/c1-2-20-14(17)4-3-9-16-21(18,19)11-13-7-5-12(10-15)6-8-13/h5-8,16H,2-4,9,11H2,1H3. The average Bonchev–Trinajstić information content (AvgIpc) is 2.44. The molecule has 1 aromatic carbocycles. The number of nitriles is 1. The molecule has 1 N–H and O–H groups in total. The van der Waals surface area contributed by atoms with Crippen molar-refractivity contribution in [3.63, 3.8) is 0 Å². The van der Waals surface area contributed by atoms with Crippen LogP contribution in [0.15, 0.2) is 24.3 Å². The maximum absolute atomic E-state index is 11.8. The first-order valence-electron chi connectivity index (χ1n) is 6.59. The molecule has 0 spiro atoms. The van der Waals surface area contributed by atoms with Crippen LogP contribution in [-0.4, -0.2) is 27.5 Å². The topological polar surface area (TPSA) is 96.3 Å². The number of carbonyl (C=O) groups is 1. The molecule has 0 amide bonds. The molecule has 114 valence electrons. The Bertz CT molecular complexity index is 603. The molecule has 0 unspecified atom stereocenters. The molecular weight excluding hydrogens is 292 g/mol. The molecule has 0 aromatic heterocycles. The summed E-state index contributed by atoms with van der Waals surface area (Å²) in [5, 5.41) is 8.67. The zero-order valence-electron chi connectivity index (χ0n) is 11.8. The predicted octanol–water partition coefficient (Wildman–Crippen LogP) is 1.32. The van der Waals surface area contributed by atoms with Gasteiger partial charge in [0.2, 0.25) is 10.0 Å². The molecule has 0 radical (unpaired) electrons. The molecule has 0 fully saturated rings. The number of nitrogens with one attached hydrogen (secondary N) is 1. The molecule has 7 heteroatoms. The Hall–Kier alpha value is -1.91. The maximum atomic E-state index is 11.8. The molecule has 0 saturated heterocycles. The number of sulfonamides is 1. The van der Waals surface area contributed by atoms with E-state index < -0.39 is 10.0 Å². The number of hydrogen-bond acceptors (Lipinski definition) is 5. The minimum Gasteiger partial charge on any atom is -0.466 e. The second kappa shape index (κ2) is 8.39. The molecule has 0 saturated carbocycles. The van der Waals surface area contributed by atoms with Gasteiger partial charge in [-0.25, -0.2) is 13.1 Å². The number of ether oxygens (including phenoxy) is 1. The Labute approximate surface area is 124 Å². The molecule has 0 bridgehead atoms. The minimum atomic E-state index is -3.45. The van der Waals surface area contributed by atoms with Gasteiger partial charge in [-0.3, -0.25) is 4.79 Å². The van der Waals surface area contributed by atoms with Crippen LogP contribution in [0.5, 0.6) is 0 Å². The van der Waals surface area contributed by atoms with Crippen LogP contribution in [0.1, 0.15) is 30.9 Å². The lowest BCUT2D eigenvalue weighted by atomic mass is 10.2. The molecule has 0 aliphatic heterocycles. The van der Waals surface area contributed by atoms with Crippen LogP contribution in [0.2, 0.25) is 0 Å². The van der Waals surface area contributed by atoms with E-state index in [0.717, 1.165) is 0 Å². The van der Waals surface area contributed by atoms with E-state index in [-0.39, 0.29) is 24.7 Å². The largest absolute Gasteiger partial charge is 0.466 e. The highest BCUT2D eigenvalue weighted by Crippen LogP contribution is 2.07. The van der Waals surface area contributed by atoms with Gasteiger partial charge in [0.25, 0.3) is 0 Å². The van der Waals surface area contributed by atoms with E-state index in [1.807, 2.05) is 6.07 Å². The summed E-state index contributed by atoms with van der Waals surface area (Å²) in [7, 11) is -3.45. The zero-order chi connectivity index (χ0) is 15.7. The molecule has 0 aliphatic carbocycles. The Kier molecular flexibility index (Phi) is 6.85. The van der Waals surface area contributed by atoms with Crippen LogP contribution < -0.4 is 4.72 Å². The minimum absolute atomic E-state index is 0.155. The van der Waals surface area contributed by atoms with Gasteiger partial charge in [-0.15, -0.1) is 0 Å². The Morgan fingerprint density at radius 1 is 1.33 bits per heavy atom. The van der Waals surface area contributed by atoms with Gasteiger partial charge in [-0.05, 0) is 31.0 Å². The van der Waals surface area contributed by atoms with Crippen molar-refractivity contribution >= 4 is 16.0 Å². The van der Waals surface area contributed by atoms with E-state index in [0.29, 0.717) is 24.2 Å². The number of benzene rings is 1. The van der Waals surface area contributed by atoms with Crippen molar-refractivity contribution in [3.8, 4) is 6.07 Å².